The Balaban J connectivity index is 1.37. The van der Waals surface area contributed by atoms with Crippen LogP contribution in [0, 0.1) is 5.92 Å². The molecular weight excluding hydrogens is 390 g/mol. The number of carbonyl (C=O) groups is 3. The van der Waals surface area contributed by atoms with Crippen molar-refractivity contribution in [3.05, 3.63) is 60.2 Å². The number of hydrogen-bond donors (Lipinski definition) is 0. The van der Waals surface area contributed by atoms with Gasteiger partial charge in [0.1, 0.15) is 0 Å². The highest BCUT2D eigenvalue weighted by Gasteiger charge is 2.34. The molecule has 7 heteroatoms. The Morgan fingerprint density at radius 2 is 1.48 bits per heavy atom. The highest BCUT2D eigenvalue weighted by atomic mass is 35.5. The van der Waals surface area contributed by atoms with Crippen LogP contribution in [0.25, 0.3) is 0 Å². The third-order valence-corrected chi connectivity index (χ3v) is 5.87. The van der Waals surface area contributed by atoms with E-state index in [1.165, 1.54) is 0 Å². The second kappa shape index (κ2) is 8.25. The van der Waals surface area contributed by atoms with Crippen molar-refractivity contribution >= 4 is 40.0 Å². The van der Waals surface area contributed by atoms with Gasteiger partial charge in [0.15, 0.2) is 0 Å². The summed E-state index contributed by atoms with van der Waals surface area (Å²) < 4.78 is 0. The largest absolute Gasteiger partial charge is 0.368 e. The molecule has 6 nitrogen and oxygen atoms in total. The summed E-state index contributed by atoms with van der Waals surface area (Å²) in [5.41, 5.74) is 2.54. The lowest BCUT2D eigenvalue weighted by Crippen LogP contribution is -2.48. The Morgan fingerprint density at radius 3 is 2.07 bits per heavy atom. The maximum atomic E-state index is 12.6. The number of hydrogen-bond acceptors (Lipinski definition) is 4. The monoisotopic (exact) mass is 411 g/mol. The topological polar surface area (TPSA) is 60.9 Å². The Hall–Kier alpha value is -2.86. The molecule has 0 saturated carbocycles. The predicted molar refractivity (Wildman–Crippen MR) is 112 cm³/mol. The summed E-state index contributed by atoms with van der Waals surface area (Å²) in [7, 11) is 0. The maximum absolute atomic E-state index is 12.6. The van der Waals surface area contributed by atoms with Gasteiger partial charge in [-0.2, -0.15) is 0 Å². The number of halogens is 1. The Morgan fingerprint density at radius 1 is 0.862 bits per heavy atom. The van der Waals surface area contributed by atoms with Gasteiger partial charge in [0.25, 0.3) is 5.91 Å². The predicted octanol–water partition coefficient (Wildman–Crippen LogP) is 2.77. The van der Waals surface area contributed by atoms with Gasteiger partial charge < -0.3 is 14.7 Å². The minimum atomic E-state index is -0.458. The van der Waals surface area contributed by atoms with E-state index in [-0.39, 0.29) is 18.2 Å². The van der Waals surface area contributed by atoms with Crippen LogP contribution in [0.3, 0.4) is 0 Å². The van der Waals surface area contributed by atoms with E-state index in [4.69, 9.17) is 11.6 Å². The zero-order valence-corrected chi connectivity index (χ0v) is 16.7. The first-order chi connectivity index (χ1) is 14.0. The van der Waals surface area contributed by atoms with Crippen LogP contribution in [0.15, 0.2) is 54.6 Å². The highest BCUT2D eigenvalue weighted by molar-refractivity contribution is 6.64. The van der Waals surface area contributed by atoms with Crippen LogP contribution in [0.1, 0.15) is 16.8 Å². The lowest BCUT2D eigenvalue weighted by Gasteiger charge is -2.36. The fourth-order valence-corrected chi connectivity index (χ4v) is 4.03. The number of nitrogens with zero attached hydrogens (tertiary/aromatic N) is 3. The second-order valence-electron chi connectivity index (χ2n) is 7.37. The minimum Gasteiger partial charge on any atom is -0.368 e. The molecule has 4 rings (SSSR count). The molecule has 1 atom stereocenters. The lowest BCUT2D eigenvalue weighted by molar-refractivity contribution is -0.120. The quantitative estimate of drug-likeness (QED) is 0.726. The molecule has 29 heavy (non-hydrogen) atoms. The summed E-state index contributed by atoms with van der Waals surface area (Å²) in [4.78, 5) is 41.8. The van der Waals surface area contributed by atoms with Gasteiger partial charge in [0.05, 0.1) is 5.92 Å². The molecule has 0 aliphatic carbocycles. The van der Waals surface area contributed by atoms with E-state index in [1.807, 2.05) is 59.5 Å². The number of carbonyl (C=O) groups excluding carboxylic acids is 3. The molecule has 2 aliphatic rings. The average molecular weight is 412 g/mol. The van der Waals surface area contributed by atoms with Crippen LogP contribution in [0.5, 0.6) is 0 Å². The molecule has 2 fully saturated rings. The summed E-state index contributed by atoms with van der Waals surface area (Å²) in [5, 5.41) is -0.458. The first-order valence-electron chi connectivity index (χ1n) is 9.72. The maximum Gasteiger partial charge on any atom is 0.253 e. The molecule has 0 bridgehead atoms. The molecule has 2 amide bonds. The third kappa shape index (κ3) is 4.12. The van der Waals surface area contributed by atoms with E-state index in [1.54, 1.807) is 4.90 Å². The summed E-state index contributed by atoms with van der Waals surface area (Å²) in [6.07, 6.45) is 0.168. The molecule has 2 aromatic carbocycles. The van der Waals surface area contributed by atoms with Crippen LogP contribution >= 0.6 is 11.6 Å². The summed E-state index contributed by atoms with van der Waals surface area (Å²) in [6, 6.07) is 17.1. The molecule has 0 aromatic heterocycles. The van der Waals surface area contributed by atoms with E-state index in [2.05, 4.69) is 4.90 Å². The zero-order valence-electron chi connectivity index (χ0n) is 16.0. The van der Waals surface area contributed by atoms with E-state index in [0.717, 1.165) is 24.5 Å². The summed E-state index contributed by atoms with van der Waals surface area (Å²) >= 11 is 5.55. The molecule has 2 aromatic rings. The first kappa shape index (κ1) is 19.5. The molecule has 2 saturated heterocycles. The smallest absolute Gasteiger partial charge is 0.253 e. The Kier molecular flexibility index (Phi) is 5.53. The van der Waals surface area contributed by atoms with Crippen molar-refractivity contribution in [1.82, 2.24) is 4.90 Å². The Bertz CT molecular complexity index is 909. The number of anilines is 2. The van der Waals surface area contributed by atoms with Gasteiger partial charge in [0, 0.05) is 56.1 Å². The lowest BCUT2D eigenvalue weighted by atomic mass is 10.1. The van der Waals surface area contributed by atoms with Crippen molar-refractivity contribution in [2.75, 3.05) is 42.5 Å². The van der Waals surface area contributed by atoms with Gasteiger partial charge in [-0.15, -0.1) is 0 Å². The molecule has 0 spiro atoms. The molecule has 2 aliphatic heterocycles. The molecule has 0 radical (unpaired) electrons. The van der Waals surface area contributed by atoms with E-state index >= 15 is 0 Å². The van der Waals surface area contributed by atoms with Gasteiger partial charge in [0.2, 0.25) is 11.1 Å². The standard InChI is InChI=1S/C22H22ClN3O3/c23-21(28)17-14-20(27)26(15-17)19-8-6-18(7-9-19)24-10-12-25(13-11-24)22(29)16-4-2-1-3-5-16/h1-9,17H,10-15H2. The van der Waals surface area contributed by atoms with Crippen LogP contribution in [-0.2, 0) is 9.59 Å². The van der Waals surface area contributed by atoms with Crippen molar-refractivity contribution in [3.8, 4) is 0 Å². The normalized spacial score (nSPS) is 19.6. The average Bonchev–Trinajstić information content (AvgIpc) is 3.16. The number of amides is 2. The SMILES string of the molecule is O=C(Cl)C1CC(=O)N(c2ccc(N3CCN(C(=O)c4ccccc4)CC3)cc2)C1. The molecule has 1 unspecified atom stereocenters. The van der Waals surface area contributed by atoms with E-state index in [9.17, 15) is 14.4 Å². The van der Waals surface area contributed by atoms with Crippen molar-refractivity contribution in [3.63, 3.8) is 0 Å². The first-order valence-corrected chi connectivity index (χ1v) is 10.1. The van der Waals surface area contributed by atoms with Gasteiger partial charge in [-0.05, 0) is 48.0 Å². The minimum absolute atomic E-state index is 0.0662. The highest BCUT2D eigenvalue weighted by Crippen LogP contribution is 2.28. The number of rotatable bonds is 4. The van der Waals surface area contributed by atoms with Crippen LogP contribution in [0.2, 0.25) is 0 Å². The summed E-state index contributed by atoms with van der Waals surface area (Å²) in [6.45, 7) is 3.17. The second-order valence-corrected chi connectivity index (χ2v) is 7.74. The van der Waals surface area contributed by atoms with Crippen molar-refractivity contribution in [2.24, 2.45) is 5.92 Å². The number of benzene rings is 2. The van der Waals surface area contributed by atoms with Crippen LogP contribution < -0.4 is 9.80 Å². The molecular formula is C22H22ClN3O3. The van der Waals surface area contributed by atoms with Crippen molar-refractivity contribution in [2.45, 2.75) is 6.42 Å². The van der Waals surface area contributed by atoms with E-state index in [0.29, 0.717) is 25.2 Å². The zero-order chi connectivity index (χ0) is 20.4. The van der Waals surface area contributed by atoms with Crippen molar-refractivity contribution < 1.29 is 14.4 Å². The fourth-order valence-electron chi connectivity index (χ4n) is 3.88. The number of piperazine rings is 1. The Labute approximate surface area is 174 Å². The van der Waals surface area contributed by atoms with Gasteiger partial charge in [-0.1, -0.05) is 18.2 Å². The third-order valence-electron chi connectivity index (χ3n) is 5.56. The van der Waals surface area contributed by atoms with Crippen LogP contribution in [0.4, 0.5) is 11.4 Å². The van der Waals surface area contributed by atoms with Gasteiger partial charge in [-0.25, -0.2) is 0 Å². The molecule has 150 valence electrons. The molecule has 0 N–H and O–H groups in total. The summed E-state index contributed by atoms with van der Waals surface area (Å²) in [5.74, 6) is -0.444. The van der Waals surface area contributed by atoms with E-state index < -0.39 is 11.2 Å². The fraction of sp³-hybridized carbons (Fsp3) is 0.318. The molecule has 2 heterocycles. The van der Waals surface area contributed by atoms with Crippen LogP contribution in [-0.4, -0.2) is 54.7 Å². The van der Waals surface area contributed by atoms with Crippen molar-refractivity contribution in [1.29, 1.82) is 0 Å². The van der Waals surface area contributed by atoms with Gasteiger partial charge in [-0.3, -0.25) is 14.4 Å². The van der Waals surface area contributed by atoms with Gasteiger partial charge >= 0.3 is 0 Å².